The van der Waals surface area contributed by atoms with Gasteiger partial charge in [0.1, 0.15) is 0 Å². The van der Waals surface area contributed by atoms with Crippen molar-refractivity contribution < 1.29 is 27.7 Å². The van der Waals surface area contributed by atoms with Crippen molar-refractivity contribution in [3.05, 3.63) is 71.8 Å². The van der Waals surface area contributed by atoms with E-state index in [1.807, 2.05) is 60.7 Å². The number of carbonyl (C=O) groups excluding carboxylic acids is 1. The van der Waals surface area contributed by atoms with Crippen molar-refractivity contribution in [2.75, 3.05) is 6.79 Å². The van der Waals surface area contributed by atoms with Crippen LogP contribution in [0.4, 0.5) is 0 Å². The SMILES string of the molecule is CC(C)(C)C(=O)OCOP(=O)(OCc1ccccc1)OCc1ccccc1. The molecule has 146 valence electrons. The molecule has 0 unspecified atom stereocenters. The van der Waals surface area contributed by atoms with Crippen LogP contribution in [0.25, 0.3) is 0 Å². The molecule has 7 heteroatoms. The highest BCUT2D eigenvalue weighted by molar-refractivity contribution is 7.48. The summed E-state index contributed by atoms with van der Waals surface area (Å²) in [6.07, 6.45) is 0. The van der Waals surface area contributed by atoms with Crippen molar-refractivity contribution in [2.45, 2.75) is 34.0 Å². The number of ether oxygens (including phenoxy) is 1. The number of rotatable bonds is 9. The van der Waals surface area contributed by atoms with Crippen LogP contribution in [0, 0.1) is 5.41 Å². The third-order valence-corrected chi connectivity index (χ3v) is 4.79. The quantitative estimate of drug-likeness (QED) is 0.336. The summed E-state index contributed by atoms with van der Waals surface area (Å²) in [4.78, 5) is 11.8. The molecule has 0 radical (unpaired) electrons. The zero-order valence-corrected chi connectivity index (χ0v) is 16.7. The van der Waals surface area contributed by atoms with E-state index in [0.29, 0.717) is 0 Å². The van der Waals surface area contributed by atoms with Gasteiger partial charge in [-0.2, -0.15) is 0 Å². The minimum absolute atomic E-state index is 0.0418. The lowest BCUT2D eigenvalue weighted by Gasteiger charge is -2.20. The van der Waals surface area contributed by atoms with E-state index in [9.17, 15) is 9.36 Å². The molecule has 0 heterocycles. The molecule has 0 bridgehead atoms. The summed E-state index contributed by atoms with van der Waals surface area (Å²) in [6, 6.07) is 18.5. The first-order valence-corrected chi connectivity index (χ1v) is 10.0. The van der Waals surface area contributed by atoms with Crippen LogP contribution in [0.2, 0.25) is 0 Å². The van der Waals surface area contributed by atoms with E-state index in [1.54, 1.807) is 20.8 Å². The lowest BCUT2D eigenvalue weighted by Crippen LogP contribution is -2.23. The predicted octanol–water partition coefficient (Wildman–Crippen LogP) is 5.09. The van der Waals surface area contributed by atoms with Crippen molar-refractivity contribution in [2.24, 2.45) is 5.41 Å². The van der Waals surface area contributed by atoms with Crippen molar-refractivity contribution in [1.82, 2.24) is 0 Å². The highest BCUT2D eigenvalue weighted by Gasteiger charge is 2.29. The summed E-state index contributed by atoms with van der Waals surface area (Å²) in [5.41, 5.74) is 0.941. The Morgan fingerprint density at radius 3 is 1.67 bits per heavy atom. The molecule has 0 amide bonds. The van der Waals surface area contributed by atoms with Crippen LogP contribution in [0.3, 0.4) is 0 Å². The molecule has 0 aliphatic carbocycles. The average Bonchev–Trinajstić information content (AvgIpc) is 2.66. The molecule has 0 saturated carbocycles. The van der Waals surface area contributed by atoms with E-state index in [4.69, 9.17) is 18.3 Å². The number of phosphoric acid groups is 1. The maximum absolute atomic E-state index is 12.9. The van der Waals surface area contributed by atoms with Gasteiger partial charge in [0.25, 0.3) is 0 Å². The molecule has 0 N–H and O–H groups in total. The van der Waals surface area contributed by atoms with Crippen molar-refractivity contribution >= 4 is 13.8 Å². The number of hydrogen-bond donors (Lipinski definition) is 0. The monoisotopic (exact) mass is 392 g/mol. The number of esters is 1. The van der Waals surface area contributed by atoms with Crippen LogP contribution in [0.15, 0.2) is 60.7 Å². The van der Waals surface area contributed by atoms with Gasteiger partial charge in [0.05, 0.1) is 18.6 Å². The van der Waals surface area contributed by atoms with Crippen LogP contribution in [0.1, 0.15) is 31.9 Å². The van der Waals surface area contributed by atoms with Crippen molar-refractivity contribution in [3.63, 3.8) is 0 Å². The van der Waals surface area contributed by atoms with Crippen molar-refractivity contribution in [1.29, 1.82) is 0 Å². The van der Waals surface area contributed by atoms with Gasteiger partial charge in [-0.1, -0.05) is 60.7 Å². The summed E-state index contributed by atoms with van der Waals surface area (Å²) in [6.45, 7) is 4.71. The van der Waals surface area contributed by atoms with Crippen LogP contribution in [-0.2, 0) is 40.9 Å². The number of carbonyl (C=O) groups is 1. The zero-order valence-electron chi connectivity index (χ0n) is 15.8. The van der Waals surface area contributed by atoms with Gasteiger partial charge in [-0.15, -0.1) is 0 Å². The first kappa shape index (κ1) is 21.3. The summed E-state index contributed by atoms with van der Waals surface area (Å²) in [5.74, 6) is -0.472. The lowest BCUT2D eigenvalue weighted by molar-refractivity contribution is -0.160. The van der Waals surface area contributed by atoms with Crippen LogP contribution < -0.4 is 0 Å². The molecular weight excluding hydrogens is 367 g/mol. The first-order chi connectivity index (χ1) is 12.8. The topological polar surface area (TPSA) is 71.1 Å². The smallest absolute Gasteiger partial charge is 0.437 e. The predicted molar refractivity (Wildman–Crippen MR) is 102 cm³/mol. The van der Waals surface area contributed by atoms with Gasteiger partial charge in [0.15, 0.2) is 0 Å². The molecule has 0 fully saturated rings. The standard InChI is InChI=1S/C20H25O6P/c1-20(2,3)19(21)23-16-26-27(22,24-14-17-10-6-4-7-11-17)25-15-18-12-8-5-9-13-18/h4-13H,14-16H2,1-3H3. The average molecular weight is 392 g/mol. The Morgan fingerprint density at radius 2 is 1.26 bits per heavy atom. The van der Waals surface area contributed by atoms with E-state index in [2.05, 4.69) is 0 Å². The Hall–Kier alpha value is -1.98. The molecule has 6 nitrogen and oxygen atoms in total. The fraction of sp³-hybridized carbons (Fsp3) is 0.350. The van der Waals surface area contributed by atoms with Gasteiger partial charge in [-0.05, 0) is 31.9 Å². The summed E-state index contributed by atoms with van der Waals surface area (Å²) < 4.78 is 34.0. The van der Waals surface area contributed by atoms with Crippen molar-refractivity contribution in [3.8, 4) is 0 Å². The minimum Gasteiger partial charge on any atom is -0.437 e. The molecule has 27 heavy (non-hydrogen) atoms. The molecule has 2 aromatic carbocycles. The number of benzene rings is 2. The third kappa shape index (κ3) is 7.65. The Morgan fingerprint density at radius 1 is 0.815 bits per heavy atom. The second-order valence-corrected chi connectivity index (χ2v) is 8.56. The van der Waals surface area contributed by atoms with Crippen LogP contribution in [0.5, 0.6) is 0 Å². The maximum Gasteiger partial charge on any atom is 0.478 e. The van der Waals surface area contributed by atoms with Gasteiger partial charge >= 0.3 is 13.8 Å². The van der Waals surface area contributed by atoms with Gasteiger partial charge in [-0.25, -0.2) is 9.09 Å². The second-order valence-electron chi connectivity index (χ2n) is 6.89. The van der Waals surface area contributed by atoms with E-state index in [1.165, 1.54) is 0 Å². The Bertz CT molecular complexity index is 708. The van der Waals surface area contributed by atoms with Crippen LogP contribution >= 0.6 is 7.82 Å². The molecule has 2 rings (SSSR count). The molecule has 0 aliphatic rings. The largest absolute Gasteiger partial charge is 0.478 e. The Kier molecular flexibility index (Phi) is 7.75. The van der Waals surface area contributed by atoms with E-state index in [0.717, 1.165) is 11.1 Å². The maximum atomic E-state index is 12.9. The Balaban J connectivity index is 1.98. The zero-order chi connectivity index (χ0) is 19.8. The minimum atomic E-state index is -3.94. The molecule has 0 saturated heterocycles. The third-order valence-electron chi connectivity index (χ3n) is 3.48. The highest BCUT2D eigenvalue weighted by Crippen LogP contribution is 2.51. The molecule has 0 aliphatic heterocycles. The van der Waals surface area contributed by atoms with Gasteiger partial charge < -0.3 is 4.74 Å². The molecule has 2 aromatic rings. The highest BCUT2D eigenvalue weighted by atomic mass is 31.2. The van der Waals surface area contributed by atoms with Gasteiger partial charge in [-0.3, -0.25) is 13.8 Å². The molecule has 0 spiro atoms. The molecular formula is C20H25O6P. The summed E-state index contributed by atoms with van der Waals surface area (Å²) >= 11 is 0. The summed E-state index contributed by atoms with van der Waals surface area (Å²) in [5, 5.41) is 0. The van der Waals surface area contributed by atoms with Gasteiger partial charge in [0.2, 0.25) is 6.79 Å². The second kappa shape index (κ2) is 9.81. The summed E-state index contributed by atoms with van der Waals surface area (Å²) in [7, 11) is -3.94. The Labute approximate surface area is 160 Å². The van der Waals surface area contributed by atoms with Crippen LogP contribution in [-0.4, -0.2) is 12.8 Å². The number of phosphoric ester groups is 1. The number of hydrogen-bond acceptors (Lipinski definition) is 6. The van der Waals surface area contributed by atoms with E-state index >= 15 is 0 Å². The fourth-order valence-electron chi connectivity index (χ4n) is 1.93. The fourth-order valence-corrected chi connectivity index (χ4v) is 2.95. The van der Waals surface area contributed by atoms with Gasteiger partial charge in [0, 0.05) is 0 Å². The van der Waals surface area contributed by atoms with E-state index in [-0.39, 0.29) is 13.2 Å². The van der Waals surface area contributed by atoms with E-state index < -0.39 is 26.0 Å². The normalized spacial score (nSPS) is 12.0. The lowest BCUT2D eigenvalue weighted by atomic mass is 9.98. The first-order valence-electron chi connectivity index (χ1n) is 8.57. The molecule has 0 atom stereocenters. The molecule has 0 aromatic heterocycles.